The number of hydrogen-bond donors (Lipinski definition) is 1. The Morgan fingerprint density at radius 1 is 0.534 bits per heavy atom. The Kier molecular flexibility index (Phi) is 38.7. The Bertz CT molecular complexity index is 1130. The molecule has 0 aliphatic heterocycles. The average Bonchev–Trinajstić information content (AvgIpc) is 3.18. The number of nitrogens with zero attached hydrogens (tertiary/aromatic N) is 1. The normalized spacial score (nSPS) is 13.5. The number of esters is 2. The first kappa shape index (κ1) is 55.0. The van der Waals surface area contributed by atoms with Crippen LogP contribution in [0.15, 0.2) is 60.8 Å². The van der Waals surface area contributed by atoms with E-state index in [0.29, 0.717) is 12.8 Å². The lowest BCUT2D eigenvalue weighted by Crippen LogP contribution is -2.50. The largest absolute Gasteiger partial charge is 0.477 e. The molecule has 0 aliphatic carbocycles. The molecule has 2 unspecified atom stereocenters. The van der Waals surface area contributed by atoms with Crippen LogP contribution in [0.4, 0.5) is 0 Å². The molecule has 8 nitrogen and oxygen atoms in total. The van der Waals surface area contributed by atoms with Gasteiger partial charge >= 0.3 is 17.9 Å². The first-order valence-electron chi connectivity index (χ1n) is 23.3. The van der Waals surface area contributed by atoms with Crippen LogP contribution >= 0.6 is 0 Å². The van der Waals surface area contributed by atoms with Crippen molar-refractivity contribution in [1.82, 2.24) is 0 Å². The minimum atomic E-state index is -0.881. The second-order valence-electron chi connectivity index (χ2n) is 16.6. The summed E-state index contributed by atoms with van der Waals surface area (Å²) >= 11 is 0. The molecule has 0 saturated carbocycles. The SMILES string of the molecule is CC/C=C\C/C=C\C/C=C\C/C=C\C/C=C\CCCCCC(=O)OC(COCCC(C(=O)O)[N+](C)(C)C)COC(=O)CCCCCCCCCCCCCCCCC. The molecule has 0 heterocycles. The van der Waals surface area contributed by atoms with Gasteiger partial charge in [-0.3, -0.25) is 9.59 Å². The quantitative estimate of drug-likeness (QED) is 0.0284. The van der Waals surface area contributed by atoms with Gasteiger partial charge in [-0.15, -0.1) is 0 Å². The van der Waals surface area contributed by atoms with Crippen LogP contribution < -0.4 is 0 Å². The Hall–Kier alpha value is -2.97. The zero-order valence-corrected chi connectivity index (χ0v) is 38.0. The topological polar surface area (TPSA) is 99.1 Å². The fraction of sp³-hybridized carbons (Fsp3) is 0.740. The third-order valence-electron chi connectivity index (χ3n) is 10.2. The number of ether oxygens (including phenoxy) is 3. The van der Waals surface area contributed by atoms with E-state index in [1.807, 2.05) is 21.1 Å². The maximum atomic E-state index is 12.7. The standard InChI is InChI=1S/C50H87NO7/c1-6-8-10-12-14-16-18-20-22-23-24-25-27-29-31-33-35-37-39-41-49(53)58-46(44-56-43-42-47(50(54)55)51(3,4)5)45-57-48(52)40-38-36-34-32-30-28-26-21-19-17-15-13-11-9-7-2/h8,10,14,16,20,22,24-25,29,31,46-47H,6-7,9,11-13,15,17-19,21,23,26-28,30,32-45H2,1-5H3/p+1/b10-8-,16-14-,22-20-,25-24-,31-29-. The van der Waals surface area contributed by atoms with Gasteiger partial charge in [0.15, 0.2) is 12.1 Å². The number of likely N-dealkylation sites (N-methyl/N-ethyl adjacent to an activating group) is 1. The van der Waals surface area contributed by atoms with Gasteiger partial charge in [-0.25, -0.2) is 4.79 Å². The smallest absolute Gasteiger partial charge is 0.362 e. The maximum absolute atomic E-state index is 12.7. The molecule has 0 aromatic carbocycles. The first-order chi connectivity index (χ1) is 28.1. The monoisotopic (exact) mass is 815 g/mol. The molecule has 0 bridgehead atoms. The van der Waals surface area contributed by atoms with Gasteiger partial charge in [0.05, 0.1) is 34.4 Å². The predicted molar refractivity (Wildman–Crippen MR) is 243 cm³/mol. The zero-order chi connectivity index (χ0) is 42.8. The lowest BCUT2D eigenvalue weighted by atomic mass is 10.0. The van der Waals surface area contributed by atoms with Crippen molar-refractivity contribution < 1.29 is 38.2 Å². The van der Waals surface area contributed by atoms with Crippen molar-refractivity contribution >= 4 is 17.9 Å². The van der Waals surface area contributed by atoms with E-state index in [-0.39, 0.29) is 42.7 Å². The highest BCUT2D eigenvalue weighted by atomic mass is 16.6. The average molecular weight is 815 g/mol. The molecule has 0 fully saturated rings. The number of quaternary nitrogens is 1. The number of carbonyl (C=O) groups is 3. The highest BCUT2D eigenvalue weighted by Gasteiger charge is 2.31. The predicted octanol–water partition coefficient (Wildman–Crippen LogP) is 13.0. The van der Waals surface area contributed by atoms with Crippen molar-refractivity contribution in [2.75, 3.05) is 41.0 Å². The lowest BCUT2D eigenvalue weighted by molar-refractivity contribution is -0.887. The summed E-state index contributed by atoms with van der Waals surface area (Å²) in [5.74, 6) is -1.51. The number of unbranched alkanes of at least 4 members (excludes halogenated alkanes) is 17. The van der Waals surface area contributed by atoms with Gasteiger partial charge in [-0.2, -0.15) is 0 Å². The molecule has 0 rings (SSSR count). The number of carbonyl (C=O) groups excluding carboxylic acids is 2. The summed E-state index contributed by atoms with van der Waals surface area (Å²) in [5.41, 5.74) is 0. The van der Waals surface area contributed by atoms with Crippen LogP contribution in [0.2, 0.25) is 0 Å². The van der Waals surface area contributed by atoms with Crippen molar-refractivity contribution in [1.29, 1.82) is 0 Å². The molecule has 2 atom stereocenters. The van der Waals surface area contributed by atoms with Gasteiger partial charge in [-0.1, -0.05) is 171 Å². The van der Waals surface area contributed by atoms with E-state index < -0.39 is 18.1 Å². The molecule has 0 aliphatic rings. The lowest BCUT2D eigenvalue weighted by Gasteiger charge is -2.31. The Labute approximate surface area is 356 Å². The fourth-order valence-corrected chi connectivity index (χ4v) is 6.59. The van der Waals surface area contributed by atoms with Crippen LogP contribution in [-0.2, 0) is 28.6 Å². The number of aliphatic carboxylic acids is 1. The molecule has 0 amide bonds. The zero-order valence-electron chi connectivity index (χ0n) is 38.0. The summed E-state index contributed by atoms with van der Waals surface area (Å²) in [6, 6.07) is -0.622. The van der Waals surface area contributed by atoms with E-state index in [4.69, 9.17) is 14.2 Å². The maximum Gasteiger partial charge on any atom is 0.362 e. The van der Waals surface area contributed by atoms with E-state index in [0.717, 1.165) is 77.0 Å². The minimum Gasteiger partial charge on any atom is -0.477 e. The molecule has 0 aromatic heterocycles. The highest BCUT2D eigenvalue weighted by Crippen LogP contribution is 2.15. The van der Waals surface area contributed by atoms with Crippen LogP contribution in [0, 0.1) is 0 Å². The number of carboxylic acids is 1. The van der Waals surface area contributed by atoms with Crippen LogP contribution in [0.5, 0.6) is 0 Å². The van der Waals surface area contributed by atoms with Crippen molar-refractivity contribution in [2.45, 2.75) is 199 Å². The number of rotatable bonds is 41. The van der Waals surface area contributed by atoms with E-state index in [1.54, 1.807) is 0 Å². The fourth-order valence-electron chi connectivity index (χ4n) is 6.59. The van der Waals surface area contributed by atoms with Crippen LogP contribution in [0.1, 0.15) is 187 Å². The summed E-state index contributed by atoms with van der Waals surface area (Å²) in [4.78, 5) is 37.0. The molecule has 8 heteroatoms. The van der Waals surface area contributed by atoms with Gasteiger partial charge in [0.1, 0.15) is 6.61 Å². The number of carboxylic acid groups (broad SMARTS) is 1. The summed E-state index contributed by atoms with van der Waals surface area (Å²) in [5, 5.41) is 9.63. The molecule has 334 valence electrons. The van der Waals surface area contributed by atoms with Crippen molar-refractivity contribution in [2.24, 2.45) is 0 Å². The van der Waals surface area contributed by atoms with E-state index >= 15 is 0 Å². The van der Waals surface area contributed by atoms with Crippen LogP contribution in [-0.4, -0.2) is 80.6 Å². The van der Waals surface area contributed by atoms with Gasteiger partial charge in [0, 0.05) is 19.3 Å². The van der Waals surface area contributed by atoms with E-state index in [1.165, 1.54) is 77.0 Å². The second-order valence-corrected chi connectivity index (χ2v) is 16.6. The molecule has 58 heavy (non-hydrogen) atoms. The number of hydrogen-bond acceptors (Lipinski definition) is 6. The van der Waals surface area contributed by atoms with Gasteiger partial charge in [-0.05, 0) is 57.8 Å². The summed E-state index contributed by atoms with van der Waals surface area (Å²) in [7, 11) is 5.51. The van der Waals surface area contributed by atoms with Gasteiger partial charge in [0.2, 0.25) is 0 Å². The van der Waals surface area contributed by atoms with Crippen LogP contribution in [0.3, 0.4) is 0 Å². The summed E-state index contributed by atoms with van der Waals surface area (Å²) in [6.45, 7) is 4.59. The summed E-state index contributed by atoms with van der Waals surface area (Å²) < 4.78 is 17.3. The van der Waals surface area contributed by atoms with Crippen molar-refractivity contribution in [3.05, 3.63) is 60.8 Å². The molecule has 0 saturated heterocycles. The molecule has 0 radical (unpaired) electrons. The Balaban J connectivity index is 4.38. The first-order valence-corrected chi connectivity index (χ1v) is 23.3. The van der Waals surface area contributed by atoms with Gasteiger partial charge in [0.25, 0.3) is 0 Å². The third-order valence-corrected chi connectivity index (χ3v) is 10.2. The van der Waals surface area contributed by atoms with Crippen molar-refractivity contribution in [3.63, 3.8) is 0 Å². The molecule has 0 aromatic rings. The minimum absolute atomic E-state index is 0.0472. The molecular formula is C50H88NO7+. The van der Waals surface area contributed by atoms with Crippen molar-refractivity contribution in [3.8, 4) is 0 Å². The third kappa shape index (κ3) is 38.5. The molecular weight excluding hydrogens is 727 g/mol. The highest BCUT2D eigenvalue weighted by molar-refractivity contribution is 5.72. The molecule has 0 spiro atoms. The summed E-state index contributed by atoms with van der Waals surface area (Å²) in [6.07, 6.45) is 49.8. The van der Waals surface area contributed by atoms with E-state index in [2.05, 4.69) is 74.6 Å². The van der Waals surface area contributed by atoms with E-state index in [9.17, 15) is 19.5 Å². The Morgan fingerprint density at radius 2 is 0.966 bits per heavy atom. The number of allylic oxidation sites excluding steroid dienone is 10. The van der Waals surface area contributed by atoms with Crippen LogP contribution in [0.25, 0.3) is 0 Å². The van der Waals surface area contributed by atoms with Gasteiger partial charge < -0.3 is 23.8 Å². The molecule has 1 N–H and O–H groups in total. The second kappa shape index (κ2) is 40.8. The Morgan fingerprint density at radius 3 is 1.43 bits per heavy atom.